The molecule has 0 aliphatic rings. The third kappa shape index (κ3) is 4.49. The molecular formula is C12H16O3. The lowest BCUT2D eigenvalue weighted by atomic mass is 10.1. The first-order chi connectivity index (χ1) is 7.22. The van der Waals surface area contributed by atoms with Gasteiger partial charge in [-0.3, -0.25) is 4.79 Å². The maximum absolute atomic E-state index is 10.8. The number of ether oxygens (including phenoxy) is 1. The number of methoxy groups -OCH3 is 1. The van der Waals surface area contributed by atoms with Crippen molar-refractivity contribution < 1.29 is 14.6 Å². The summed E-state index contributed by atoms with van der Waals surface area (Å²) in [6.07, 6.45) is 3.10. The lowest BCUT2D eigenvalue weighted by Crippen LogP contribution is -1.99. The Morgan fingerprint density at radius 2 is 2.20 bits per heavy atom. The second kappa shape index (κ2) is 6.06. The van der Waals surface area contributed by atoms with Crippen LogP contribution in [0.15, 0.2) is 24.3 Å². The number of phenols is 1. The normalized spacial score (nSPS) is 9.93. The molecule has 0 saturated carbocycles. The summed E-state index contributed by atoms with van der Waals surface area (Å²) in [6, 6.07) is 7.19. The number of hydrogen-bond donors (Lipinski definition) is 1. The molecule has 0 bridgehead atoms. The second-order valence-corrected chi connectivity index (χ2v) is 3.45. The Balaban J connectivity index is 2.23. The van der Waals surface area contributed by atoms with Crippen molar-refractivity contribution >= 4 is 5.97 Å². The maximum Gasteiger partial charge on any atom is 0.305 e. The Bertz CT molecular complexity index is 320. The van der Waals surface area contributed by atoms with Gasteiger partial charge in [-0.05, 0) is 37.0 Å². The van der Waals surface area contributed by atoms with Gasteiger partial charge in [-0.1, -0.05) is 12.1 Å². The number of benzene rings is 1. The number of carbonyl (C=O) groups is 1. The molecule has 3 nitrogen and oxygen atoms in total. The molecule has 1 aromatic rings. The van der Waals surface area contributed by atoms with E-state index in [1.54, 1.807) is 12.1 Å². The molecule has 1 N–H and O–H groups in total. The zero-order valence-corrected chi connectivity index (χ0v) is 8.90. The van der Waals surface area contributed by atoms with Crippen LogP contribution in [0.25, 0.3) is 0 Å². The summed E-state index contributed by atoms with van der Waals surface area (Å²) in [5.41, 5.74) is 1.10. The van der Waals surface area contributed by atoms with E-state index in [9.17, 15) is 9.90 Å². The van der Waals surface area contributed by atoms with Gasteiger partial charge in [0, 0.05) is 6.42 Å². The number of esters is 1. The van der Waals surface area contributed by atoms with Crippen molar-refractivity contribution in [2.45, 2.75) is 25.7 Å². The number of phenolic OH excluding ortho intramolecular Hbond substituents is 1. The number of hydrogen-bond acceptors (Lipinski definition) is 3. The van der Waals surface area contributed by atoms with E-state index in [1.165, 1.54) is 7.11 Å². The van der Waals surface area contributed by atoms with E-state index < -0.39 is 0 Å². The van der Waals surface area contributed by atoms with Gasteiger partial charge in [-0.15, -0.1) is 0 Å². The number of carbonyl (C=O) groups excluding carboxylic acids is 1. The predicted octanol–water partition coefficient (Wildman–Crippen LogP) is 2.28. The quantitative estimate of drug-likeness (QED) is 0.596. The molecule has 0 unspecified atom stereocenters. The fourth-order valence-electron chi connectivity index (χ4n) is 1.41. The van der Waals surface area contributed by atoms with Gasteiger partial charge in [-0.25, -0.2) is 0 Å². The van der Waals surface area contributed by atoms with Crippen LogP contribution in [0.2, 0.25) is 0 Å². The molecule has 82 valence electrons. The fraction of sp³-hybridized carbons (Fsp3) is 0.417. The molecule has 0 aliphatic heterocycles. The minimum absolute atomic E-state index is 0.161. The highest BCUT2D eigenvalue weighted by atomic mass is 16.5. The van der Waals surface area contributed by atoms with E-state index in [-0.39, 0.29) is 5.97 Å². The summed E-state index contributed by atoms with van der Waals surface area (Å²) >= 11 is 0. The van der Waals surface area contributed by atoms with E-state index in [2.05, 4.69) is 4.74 Å². The van der Waals surface area contributed by atoms with Crippen molar-refractivity contribution in [3.8, 4) is 5.75 Å². The van der Waals surface area contributed by atoms with Gasteiger partial charge < -0.3 is 9.84 Å². The molecule has 0 fully saturated rings. The summed E-state index contributed by atoms with van der Waals surface area (Å²) < 4.78 is 4.54. The molecule has 0 heterocycles. The van der Waals surface area contributed by atoms with Crippen LogP contribution in [-0.4, -0.2) is 18.2 Å². The number of unbranched alkanes of at least 4 members (excludes halogenated alkanes) is 1. The highest BCUT2D eigenvalue weighted by Gasteiger charge is 2.00. The number of aromatic hydroxyl groups is 1. The Kier molecular flexibility index (Phi) is 4.68. The average molecular weight is 208 g/mol. The molecule has 15 heavy (non-hydrogen) atoms. The third-order valence-electron chi connectivity index (χ3n) is 2.23. The van der Waals surface area contributed by atoms with Crippen LogP contribution in [0.5, 0.6) is 5.75 Å². The zero-order chi connectivity index (χ0) is 11.1. The summed E-state index contributed by atoms with van der Waals surface area (Å²) in [7, 11) is 1.40. The van der Waals surface area contributed by atoms with Crippen LogP contribution >= 0.6 is 0 Å². The third-order valence-corrected chi connectivity index (χ3v) is 2.23. The van der Waals surface area contributed by atoms with Crippen molar-refractivity contribution in [3.63, 3.8) is 0 Å². The van der Waals surface area contributed by atoms with Crippen LogP contribution in [0.4, 0.5) is 0 Å². The Labute approximate surface area is 89.7 Å². The molecule has 1 rings (SSSR count). The molecular weight excluding hydrogens is 192 g/mol. The van der Waals surface area contributed by atoms with Crippen molar-refractivity contribution in [1.29, 1.82) is 0 Å². The highest BCUT2D eigenvalue weighted by molar-refractivity contribution is 5.68. The molecule has 0 radical (unpaired) electrons. The molecule has 0 aliphatic carbocycles. The molecule has 0 spiro atoms. The van der Waals surface area contributed by atoms with E-state index in [4.69, 9.17) is 0 Å². The first-order valence-electron chi connectivity index (χ1n) is 5.07. The minimum atomic E-state index is -0.161. The van der Waals surface area contributed by atoms with Gasteiger partial charge in [0.15, 0.2) is 0 Å². The van der Waals surface area contributed by atoms with Crippen LogP contribution in [0.3, 0.4) is 0 Å². The van der Waals surface area contributed by atoms with Crippen LogP contribution < -0.4 is 0 Å². The lowest BCUT2D eigenvalue weighted by molar-refractivity contribution is -0.140. The van der Waals surface area contributed by atoms with E-state index in [0.717, 1.165) is 24.8 Å². The van der Waals surface area contributed by atoms with Crippen LogP contribution in [-0.2, 0) is 16.0 Å². The Hall–Kier alpha value is -1.51. The Morgan fingerprint density at radius 3 is 2.87 bits per heavy atom. The molecule has 0 aromatic heterocycles. The molecule has 0 atom stereocenters. The highest BCUT2D eigenvalue weighted by Crippen LogP contribution is 2.13. The number of aryl methyl sites for hydroxylation is 1. The van der Waals surface area contributed by atoms with Crippen LogP contribution in [0, 0.1) is 0 Å². The standard InChI is InChI=1S/C12H16O3/c1-15-12(14)8-3-2-5-10-6-4-7-11(13)9-10/h4,6-7,9,13H,2-3,5,8H2,1H3. The Morgan fingerprint density at radius 1 is 1.40 bits per heavy atom. The fourth-order valence-corrected chi connectivity index (χ4v) is 1.41. The average Bonchev–Trinajstić information content (AvgIpc) is 2.24. The van der Waals surface area contributed by atoms with Gasteiger partial charge in [0.1, 0.15) is 5.75 Å². The summed E-state index contributed by atoms with van der Waals surface area (Å²) in [5.74, 6) is 0.131. The largest absolute Gasteiger partial charge is 0.508 e. The minimum Gasteiger partial charge on any atom is -0.508 e. The topological polar surface area (TPSA) is 46.5 Å². The second-order valence-electron chi connectivity index (χ2n) is 3.45. The van der Waals surface area contributed by atoms with Crippen molar-refractivity contribution in [1.82, 2.24) is 0 Å². The van der Waals surface area contributed by atoms with Gasteiger partial charge in [0.05, 0.1) is 7.11 Å². The SMILES string of the molecule is COC(=O)CCCCc1cccc(O)c1. The molecule has 3 heteroatoms. The van der Waals surface area contributed by atoms with Gasteiger partial charge in [0.2, 0.25) is 0 Å². The lowest BCUT2D eigenvalue weighted by Gasteiger charge is -2.01. The first kappa shape index (κ1) is 11.6. The summed E-state index contributed by atoms with van der Waals surface area (Å²) in [4.78, 5) is 10.8. The van der Waals surface area contributed by atoms with Gasteiger partial charge in [-0.2, -0.15) is 0 Å². The van der Waals surface area contributed by atoms with E-state index >= 15 is 0 Å². The summed E-state index contributed by atoms with van der Waals surface area (Å²) in [6.45, 7) is 0. The smallest absolute Gasteiger partial charge is 0.305 e. The first-order valence-corrected chi connectivity index (χ1v) is 5.07. The van der Waals surface area contributed by atoms with Gasteiger partial charge in [0.25, 0.3) is 0 Å². The molecule has 0 saturated heterocycles. The van der Waals surface area contributed by atoms with Crippen molar-refractivity contribution in [2.75, 3.05) is 7.11 Å². The molecule has 0 amide bonds. The predicted molar refractivity (Wildman–Crippen MR) is 57.7 cm³/mol. The van der Waals surface area contributed by atoms with E-state index in [1.807, 2.05) is 12.1 Å². The van der Waals surface area contributed by atoms with Gasteiger partial charge >= 0.3 is 5.97 Å². The maximum atomic E-state index is 10.8. The monoisotopic (exact) mass is 208 g/mol. The van der Waals surface area contributed by atoms with Crippen molar-refractivity contribution in [2.24, 2.45) is 0 Å². The van der Waals surface area contributed by atoms with Crippen molar-refractivity contribution in [3.05, 3.63) is 29.8 Å². The summed E-state index contributed by atoms with van der Waals surface area (Å²) in [5, 5.41) is 9.22. The van der Waals surface area contributed by atoms with Crippen LogP contribution in [0.1, 0.15) is 24.8 Å². The molecule has 1 aromatic carbocycles. The zero-order valence-electron chi connectivity index (χ0n) is 8.90. The number of rotatable bonds is 5. The van der Waals surface area contributed by atoms with E-state index in [0.29, 0.717) is 12.2 Å².